The number of nitrogens with zero attached hydrogens (tertiary/aromatic N) is 1. The first kappa shape index (κ1) is 17.0. The van der Waals surface area contributed by atoms with Crippen molar-refractivity contribution in [1.82, 2.24) is 10.2 Å². The van der Waals surface area contributed by atoms with Crippen molar-refractivity contribution in [3.05, 3.63) is 47.8 Å². The molecule has 1 aromatic carbocycles. The lowest BCUT2D eigenvalue weighted by molar-refractivity contribution is -0.139. The van der Waals surface area contributed by atoms with E-state index in [1.165, 1.54) is 6.07 Å². The Balaban J connectivity index is 2.39. The normalized spacial score (nSPS) is 18.2. The van der Waals surface area contributed by atoms with Crippen LogP contribution in [-0.2, 0) is 6.18 Å². The van der Waals surface area contributed by atoms with Crippen molar-refractivity contribution >= 4 is 0 Å². The molecule has 0 unspecified atom stereocenters. The summed E-state index contributed by atoms with van der Waals surface area (Å²) in [5.74, 6) is -0.862. The summed E-state index contributed by atoms with van der Waals surface area (Å²) in [7, 11) is 0. The summed E-state index contributed by atoms with van der Waals surface area (Å²) >= 11 is 0. The monoisotopic (exact) mass is 316 g/mol. The fourth-order valence-electron chi connectivity index (χ4n) is 2.87. The van der Waals surface area contributed by atoms with Crippen molar-refractivity contribution in [1.29, 1.82) is 0 Å². The van der Waals surface area contributed by atoms with Crippen molar-refractivity contribution in [2.75, 3.05) is 26.2 Å². The molecule has 1 saturated heterocycles. The number of halogens is 4. The summed E-state index contributed by atoms with van der Waals surface area (Å²) in [6, 6.07) is 2.59. The Morgan fingerprint density at radius 1 is 1.27 bits per heavy atom. The second-order valence-corrected chi connectivity index (χ2v) is 5.40. The predicted octanol–water partition coefficient (Wildman–Crippen LogP) is 3.76. The van der Waals surface area contributed by atoms with Crippen LogP contribution in [0.5, 0.6) is 0 Å². The van der Waals surface area contributed by atoms with E-state index in [0.717, 1.165) is 19.2 Å². The maximum Gasteiger partial charge on any atom is 0.416 e. The summed E-state index contributed by atoms with van der Waals surface area (Å²) in [4.78, 5) is 2.03. The first-order valence-electron chi connectivity index (χ1n) is 7.36. The van der Waals surface area contributed by atoms with Crippen molar-refractivity contribution in [3.63, 3.8) is 0 Å². The molecule has 6 heteroatoms. The van der Waals surface area contributed by atoms with Crippen LogP contribution >= 0.6 is 0 Å². The van der Waals surface area contributed by atoms with E-state index in [9.17, 15) is 17.6 Å². The Bertz CT molecular complexity index is 507. The first-order valence-corrected chi connectivity index (χ1v) is 7.36. The number of alkyl halides is 3. The van der Waals surface area contributed by atoms with Crippen molar-refractivity contribution in [2.45, 2.75) is 25.1 Å². The van der Waals surface area contributed by atoms with Crippen LogP contribution in [0.4, 0.5) is 17.6 Å². The van der Waals surface area contributed by atoms with Crippen molar-refractivity contribution in [3.8, 4) is 0 Å². The van der Waals surface area contributed by atoms with Gasteiger partial charge in [-0.3, -0.25) is 4.90 Å². The molecule has 0 aliphatic carbocycles. The molecule has 0 amide bonds. The van der Waals surface area contributed by atoms with E-state index in [-0.39, 0.29) is 11.6 Å². The highest BCUT2D eigenvalue weighted by Gasteiger charge is 2.37. The number of hydrogen-bond acceptors (Lipinski definition) is 2. The summed E-state index contributed by atoms with van der Waals surface area (Å²) in [5.41, 5.74) is -0.724. The number of rotatable bonds is 5. The fraction of sp³-hybridized carbons (Fsp3) is 0.500. The van der Waals surface area contributed by atoms with E-state index < -0.39 is 17.6 Å². The lowest BCUT2D eigenvalue weighted by Gasteiger charge is -2.36. The zero-order valence-corrected chi connectivity index (χ0v) is 12.3. The Labute approximate surface area is 127 Å². The van der Waals surface area contributed by atoms with Crippen LogP contribution in [0.3, 0.4) is 0 Å². The molecule has 2 rings (SSSR count). The first-order chi connectivity index (χ1) is 10.4. The summed E-state index contributed by atoms with van der Waals surface area (Å²) in [6.45, 7) is 6.48. The average molecular weight is 316 g/mol. The summed E-state index contributed by atoms with van der Waals surface area (Å²) in [6.07, 6.45) is -1.70. The average Bonchev–Trinajstić information content (AvgIpc) is 2.49. The molecule has 0 saturated carbocycles. The van der Waals surface area contributed by atoms with E-state index in [1.807, 2.05) is 4.90 Å². The number of nitrogens with one attached hydrogen (secondary N) is 1. The molecule has 1 heterocycles. The van der Waals surface area contributed by atoms with Gasteiger partial charge in [-0.15, -0.1) is 6.58 Å². The third-order valence-corrected chi connectivity index (χ3v) is 3.92. The zero-order valence-electron chi connectivity index (χ0n) is 12.3. The predicted molar refractivity (Wildman–Crippen MR) is 78.0 cm³/mol. The molecule has 0 spiro atoms. The largest absolute Gasteiger partial charge is 0.416 e. The summed E-state index contributed by atoms with van der Waals surface area (Å²) < 4.78 is 53.1. The van der Waals surface area contributed by atoms with E-state index in [4.69, 9.17) is 0 Å². The van der Waals surface area contributed by atoms with Crippen LogP contribution in [0, 0.1) is 5.82 Å². The Kier molecular flexibility index (Phi) is 5.58. The van der Waals surface area contributed by atoms with Gasteiger partial charge in [0.15, 0.2) is 0 Å². The van der Waals surface area contributed by atoms with E-state index in [2.05, 4.69) is 11.9 Å². The van der Waals surface area contributed by atoms with E-state index in [1.54, 1.807) is 6.08 Å². The highest BCUT2D eigenvalue weighted by Crippen LogP contribution is 2.38. The standard InChI is InChI=1S/C16H20F4N2/c1-2-3-4-15(22-9-7-21-8-10-22)13-6-5-12(17)11-14(13)16(18,19)20/h2,5-6,11,15,21H,1,3-4,7-10H2/t15-/m1/s1. The van der Waals surface area contributed by atoms with Crippen LogP contribution < -0.4 is 5.32 Å². The van der Waals surface area contributed by atoms with E-state index >= 15 is 0 Å². The third kappa shape index (κ3) is 4.08. The zero-order chi connectivity index (χ0) is 16.2. The van der Waals surface area contributed by atoms with Gasteiger partial charge in [0.25, 0.3) is 0 Å². The Morgan fingerprint density at radius 2 is 1.95 bits per heavy atom. The van der Waals surface area contributed by atoms with Gasteiger partial charge < -0.3 is 5.32 Å². The minimum atomic E-state index is -4.56. The minimum Gasteiger partial charge on any atom is -0.314 e. The second-order valence-electron chi connectivity index (χ2n) is 5.40. The quantitative estimate of drug-likeness (QED) is 0.657. The molecule has 2 nitrogen and oxygen atoms in total. The molecular weight excluding hydrogens is 296 g/mol. The fourth-order valence-corrected chi connectivity index (χ4v) is 2.87. The third-order valence-electron chi connectivity index (χ3n) is 3.92. The molecule has 0 aromatic heterocycles. The Morgan fingerprint density at radius 3 is 2.55 bits per heavy atom. The number of allylic oxidation sites excluding steroid dienone is 1. The molecule has 1 atom stereocenters. The molecule has 122 valence electrons. The van der Waals surface area contributed by atoms with Gasteiger partial charge in [0.1, 0.15) is 5.82 Å². The highest BCUT2D eigenvalue weighted by molar-refractivity contribution is 5.33. The summed E-state index contributed by atoms with van der Waals surface area (Å²) in [5, 5.41) is 3.19. The number of piperazine rings is 1. The second kappa shape index (κ2) is 7.24. The molecule has 1 N–H and O–H groups in total. The highest BCUT2D eigenvalue weighted by atomic mass is 19.4. The van der Waals surface area contributed by atoms with Gasteiger partial charge in [-0.25, -0.2) is 4.39 Å². The SMILES string of the molecule is C=CCC[C@H](c1ccc(F)cc1C(F)(F)F)N1CCNCC1. The minimum absolute atomic E-state index is 0.151. The van der Waals surface area contributed by atoms with Gasteiger partial charge in [0.2, 0.25) is 0 Å². The molecule has 0 radical (unpaired) electrons. The molecule has 1 aliphatic heterocycles. The maximum absolute atomic E-state index is 13.3. The molecule has 1 aromatic rings. The topological polar surface area (TPSA) is 15.3 Å². The molecular formula is C16H20F4N2. The van der Waals surface area contributed by atoms with Gasteiger partial charge >= 0.3 is 6.18 Å². The van der Waals surface area contributed by atoms with Crippen LogP contribution in [-0.4, -0.2) is 31.1 Å². The smallest absolute Gasteiger partial charge is 0.314 e. The maximum atomic E-state index is 13.3. The van der Waals surface area contributed by atoms with Gasteiger partial charge in [0.05, 0.1) is 5.56 Å². The van der Waals surface area contributed by atoms with Gasteiger partial charge in [-0.1, -0.05) is 12.1 Å². The molecule has 1 fully saturated rings. The van der Waals surface area contributed by atoms with Gasteiger partial charge in [-0.05, 0) is 30.5 Å². The number of hydrogen-bond donors (Lipinski definition) is 1. The lowest BCUT2D eigenvalue weighted by atomic mass is 9.94. The van der Waals surface area contributed by atoms with Crippen LogP contribution in [0.15, 0.2) is 30.9 Å². The van der Waals surface area contributed by atoms with Crippen molar-refractivity contribution in [2.24, 2.45) is 0 Å². The lowest BCUT2D eigenvalue weighted by Crippen LogP contribution is -2.45. The van der Waals surface area contributed by atoms with Crippen LogP contribution in [0.2, 0.25) is 0 Å². The van der Waals surface area contributed by atoms with Gasteiger partial charge in [-0.2, -0.15) is 13.2 Å². The van der Waals surface area contributed by atoms with Gasteiger partial charge in [0, 0.05) is 32.2 Å². The van der Waals surface area contributed by atoms with Crippen LogP contribution in [0.1, 0.15) is 30.0 Å². The molecule has 22 heavy (non-hydrogen) atoms. The van der Waals surface area contributed by atoms with Crippen molar-refractivity contribution < 1.29 is 17.6 Å². The number of benzene rings is 1. The molecule has 1 aliphatic rings. The Hall–Kier alpha value is -1.40. The molecule has 0 bridgehead atoms. The van der Waals surface area contributed by atoms with Crippen LogP contribution in [0.25, 0.3) is 0 Å². The van der Waals surface area contributed by atoms with E-state index in [0.29, 0.717) is 32.0 Å².